The standard InChI is InChI=1S/C10H7ClO2/c1-2-6-13-10(12)8-4-3-5-9(11)7-8/h1,3-5,7H,6H2. The highest BCUT2D eigenvalue weighted by Gasteiger charge is 2.05. The lowest BCUT2D eigenvalue weighted by Gasteiger charge is -2.00. The van der Waals surface area contributed by atoms with Crippen LogP contribution in [0.25, 0.3) is 0 Å². The molecule has 0 unspecified atom stereocenters. The maximum absolute atomic E-state index is 11.2. The van der Waals surface area contributed by atoms with Crippen molar-refractivity contribution >= 4 is 17.6 Å². The minimum absolute atomic E-state index is 0.0225. The number of ether oxygens (including phenoxy) is 1. The third kappa shape index (κ3) is 2.81. The zero-order valence-electron chi connectivity index (χ0n) is 6.79. The summed E-state index contributed by atoms with van der Waals surface area (Å²) in [5, 5.41) is 0.496. The van der Waals surface area contributed by atoms with E-state index in [1.807, 2.05) is 0 Å². The summed E-state index contributed by atoms with van der Waals surface area (Å²) in [6.07, 6.45) is 4.93. The van der Waals surface area contributed by atoms with Crippen molar-refractivity contribution in [3.8, 4) is 12.3 Å². The summed E-state index contributed by atoms with van der Waals surface area (Å²) in [7, 11) is 0. The fourth-order valence-electron chi connectivity index (χ4n) is 0.806. The molecule has 66 valence electrons. The zero-order valence-corrected chi connectivity index (χ0v) is 7.54. The van der Waals surface area contributed by atoms with Gasteiger partial charge in [-0.1, -0.05) is 23.6 Å². The highest BCUT2D eigenvalue weighted by Crippen LogP contribution is 2.11. The topological polar surface area (TPSA) is 26.3 Å². The number of halogens is 1. The lowest BCUT2D eigenvalue weighted by molar-refractivity contribution is 0.0557. The fraction of sp³-hybridized carbons (Fsp3) is 0.100. The van der Waals surface area contributed by atoms with Crippen molar-refractivity contribution in [2.24, 2.45) is 0 Å². The van der Waals surface area contributed by atoms with Gasteiger partial charge in [-0.15, -0.1) is 6.42 Å². The molecule has 0 amide bonds. The second-order valence-electron chi connectivity index (χ2n) is 2.29. The highest BCUT2D eigenvalue weighted by atomic mass is 35.5. The molecule has 0 atom stereocenters. The molecule has 0 aliphatic carbocycles. The number of carbonyl (C=O) groups excluding carboxylic acids is 1. The second-order valence-corrected chi connectivity index (χ2v) is 2.73. The van der Waals surface area contributed by atoms with Gasteiger partial charge in [-0.3, -0.25) is 0 Å². The van der Waals surface area contributed by atoms with Gasteiger partial charge in [-0.25, -0.2) is 4.79 Å². The molecule has 3 heteroatoms. The van der Waals surface area contributed by atoms with Crippen molar-refractivity contribution in [2.45, 2.75) is 0 Å². The van der Waals surface area contributed by atoms with E-state index in [2.05, 4.69) is 5.92 Å². The largest absolute Gasteiger partial charge is 0.449 e. The number of hydrogen-bond donors (Lipinski definition) is 0. The molecule has 0 N–H and O–H groups in total. The van der Waals surface area contributed by atoms with Gasteiger partial charge in [-0.05, 0) is 18.2 Å². The Bertz CT molecular complexity index is 352. The Kier molecular flexibility index (Phi) is 3.36. The predicted molar refractivity (Wildman–Crippen MR) is 50.6 cm³/mol. The first-order chi connectivity index (χ1) is 6.24. The number of esters is 1. The predicted octanol–water partition coefficient (Wildman–Crippen LogP) is 2.13. The first kappa shape index (κ1) is 9.63. The molecule has 1 aromatic rings. The summed E-state index contributed by atoms with van der Waals surface area (Å²) >= 11 is 5.67. The quantitative estimate of drug-likeness (QED) is 0.533. The van der Waals surface area contributed by atoms with Crippen LogP contribution in [0.1, 0.15) is 10.4 Å². The summed E-state index contributed by atoms with van der Waals surface area (Å²) in [6.45, 7) is -0.0225. The van der Waals surface area contributed by atoms with E-state index >= 15 is 0 Å². The van der Waals surface area contributed by atoms with Crippen molar-refractivity contribution in [1.29, 1.82) is 0 Å². The van der Waals surface area contributed by atoms with E-state index in [0.29, 0.717) is 10.6 Å². The molecule has 0 fully saturated rings. The van der Waals surface area contributed by atoms with Gasteiger partial charge < -0.3 is 4.74 Å². The smallest absolute Gasteiger partial charge is 0.339 e. The third-order valence-electron chi connectivity index (χ3n) is 1.35. The van der Waals surface area contributed by atoms with Gasteiger partial charge in [0, 0.05) is 5.02 Å². The summed E-state index contributed by atoms with van der Waals surface area (Å²) in [5.74, 6) is 1.75. The molecule has 0 aliphatic rings. The molecule has 13 heavy (non-hydrogen) atoms. The number of carbonyl (C=O) groups is 1. The third-order valence-corrected chi connectivity index (χ3v) is 1.58. The Morgan fingerprint density at radius 1 is 1.62 bits per heavy atom. The van der Waals surface area contributed by atoms with Crippen LogP contribution in [0.2, 0.25) is 5.02 Å². The van der Waals surface area contributed by atoms with Crippen LogP contribution in [-0.4, -0.2) is 12.6 Å². The minimum atomic E-state index is -0.458. The van der Waals surface area contributed by atoms with E-state index in [1.165, 1.54) is 6.07 Å². The van der Waals surface area contributed by atoms with Gasteiger partial charge in [0.25, 0.3) is 0 Å². The van der Waals surface area contributed by atoms with Crippen LogP contribution in [0, 0.1) is 12.3 Å². The van der Waals surface area contributed by atoms with Crippen LogP contribution >= 0.6 is 11.6 Å². The van der Waals surface area contributed by atoms with Gasteiger partial charge in [-0.2, -0.15) is 0 Å². The second kappa shape index (κ2) is 4.54. The Balaban J connectivity index is 2.72. The first-order valence-electron chi connectivity index (χ1n) is 3.60. The van der Waals surface area contributed by atoms with Crippen LogP contribution in [0.3, 0.4) is 0 Å². The van der Waals surface area contributed by atoms with Crippen molar-refractivity contribution in [3.63, 3.8) is 0 Å². The SMILES string of the molecule is C#CCOC(=O)c1cccc(Cl)c1. The molecule has 1 rings (SSSR count). The Hall–Kier alpha value is -1.46. The molecule has 2 nitrogen and oxygen atoms in total. The van der Waals surface area contributed by atoms with E-state index in [4.69, 9.17) is 22.8 Å². The summed E-state index contributed by atoms with van der Waals surface area (Å²) in [5.41, 5.74) is 0.405. The van der Waals surface area contributed by atoms with E-state index < -0.39 is 5.97 Å². The molecule has 0 saturated heterocycles. The van der Waals surface area contributed by atoms with Crippen LogP contribution in [0.15, 0.2) is 24.3 Å². The van der Waals surface area contributed by atoms with Crippen LogP contribution in [0.4, 0.5) is 0 Å². The van der Waals surface area contributed by atoms with Crippen LogP contribution in [0.5, 0.6) is 0 Å². The molecule has 0 aromatic heterocycles. The zero-order chi connectivity index (χ0) is 9.68. The monoisotopic (exact) mass is 194 g/mol. The molecular formula is C10H7ClO2. The lowest BCUT2D eigenvalue weighted by atomic mass is 10.2. The number of hydrogen-bond acceptors (Lipinski definition) is 2. The molecule has 0 radical (unpaired) electrons. The molecule has 0 bridgehead atoms. The molecular weight excluding hydrogens is 188 g/mol. The average Bonchev–Trinajstić information content (AvgIpc) is 2.14. The molecule has 0 spiro atoms. The van der Waals surface area contributed by atoms with Crippen LogP contribution in [-0.2, 0) is 4.74 Å². The Morgan fingerprint density at radius 2 is 2.38 bits per heavy atom. The van der Waals surface area contributed by atoms with E-state index in [1.54, 1.807) is 18.2 Å². The molecule has 1 aromatic carbocycles. The van der Waals surface area contributed by atoms with Crippen molar-refractivity contribution in [3.05, 3.63) is 34.9 Å². The Labute approximate surface area is 81.5 Å². The molecule has 0 aliphatic heterocycles. The average molecular weight is 195 g/mol. The van der Waals surface area contributed by atoms with Gasteiger partial charge in [0.1, 0.15) is 0 Å². The molecule has 0 heterocycles. The van der Waals surface area contributed by atoms with Crippen LogP contribution < -0.4 is 0 Å². The summed E-state index contributed by atoms with van der Waals surface area (Å²) in [4.78, 5) is 11.2. The van der Waals surface area contributed by atoms with E-state index in [-0.39, 0.29) is 6.61 Å². The fourth-order valence-corrected chi connectivity index (χ4v) is 0.996. The van der Waals surface area contributed by atoms with Gasteiger partial charge in [0.15, 0.2) is 6.61 Å². The first-order valence-corrected chi connectivity index (χ1v) is 3.98. The van der Waals surface area contributed by atoms with Gasteiger partial charge in [0.2, 0.25) is 0 Å². The Morgan fingerprint density at radius 3 is 3.00 bits per heavy atom. The maximum atomic E-state index is 11.2. The van der Waals surface area contributed by atoms with E-state index in [0.717, 1.165) is 0 Å². The highest BCUT2D eigenvalue weighted by molar-refractivity contribution is 6.30. The summed E-state index contributed by atoms with van der Waals surface area (Å²) < 4.78 is 4.70. The van der Waals surface area contributed by atoms with E-state index in [9.17, 15) is 4.79 Å². The van der Waals surface area contributed by atoms with Crippen molar-refractivity contribution in [2.75, 3.05) is 6.61 Å². The van der Waals surface area contributed by atoms with Crippen molar-refractivity contribution in [1.82, 2.24) is 0 Å². The lowest BCUT2D eigenvalue weighted by Crippen LogP contribution is -2.04. The number of benzene rings is 1. The maximum Gasteiger partial charge on any atom is 0.339 e. The van der Waals surface area contributed by atoms with Crippen molar-refractivity contribution < 1.29 is 9.53 Å². The summed E-state index contributed by atoms with van der Waals surface area (Å²) in [6, 6.07) is 6.50. The number of rotatable bonds is 2. The number of terminal acetylenes is 1. The van der Waals surface area contributed by atoms with Gasteiger partial charge >= 0.3 is 5.97 Å². The normalized spacial score (nSPS) is 8.92. The molecule has 0 saturated carbocycles. The van der Waals surface area contributed by atoms with Gasteiger partial charge in [0.05, 0.1) is 5.56 Å². The minimum Gasteiger partial charge on any atom is -0.449 e.